The Kier molecular flexibility index (Phi) is 3.42. The van der Waals surface area contributed by atoms with E-state index in [1.54, 1.807) is 0 Å². The summed E-state index contributed by atoms with van der Waals surface area (Å²) >= 11 is 0. The van der Waals surface area contributed by atoms with E-state index in [9.17, 15) is 4.79 Å². The molecule has 1 fully saturated rings. The molecule has 0 radical (unpaired) electrons. The molecule has 1 aromatic carbocycles. The van der Waals surface area contributed by atoms with E-state index in [0.717, 1.165) is 32.6 Å². The summed E-state index contributed by atoms with van der Waals surface area (Å²) in [6.45, 7) is 4.28. The lowest BCUT2D eigenvalue weighted by Gasteiger charge is -2.23. The standard InChI is InChI=1S/C15H21N3O/c16-10-12-9-15(19)18(11-12)8-7-17-6-5-13-3-1-2-4-14(13)17/h1-4,12H,5-11,16H2. The van der Waals surface area contributed by atoms with Gasteiger partial charge in [-0.15, -0.1) is 0 Å². The molecule has 0 aliphatic carbocycles. The number of benzene rings is 1. The molecule has 4 heteroatoms. The molecule has 1 saturated heterocycles. The minimum absolute atomic E-state index is 0.267. The second kappa shape index (κ2) is 5.21. The highest BCUT2D eigenvalue weighted by molar-refractivity contribution is 5.78. The quantitative estimate of drug-likeness (QED) is 0.872. The zero-order valence-corrected chi connectivity index (χ0v) is 11.2. The first-order valence-corrected chi connectivity index (χ1v) is 7.08. The van der Waals surface area contributed by atoms with Gasteiger partial charge in [0.1, 0.15) is 0 Å². The Labute approximate surface area is 114 Å². The van der Waals surface area contributed by atoms with Crippen molar-refractivity contribution in [1.29, 1.82) is 0 Å². The first-order chi connectivity index (χ1) is 9.28. The van der Waals surface area contributed by atoms with Gasteiger partial charge in [-0.3, -0.25) is 4.79 Å². The van der Waals surface area contributed by atoms with E-state index in [2.05, 4.69) is 29.2 Å². The fourth-order valence-corrected chi connectivity index (χ4v) is 3.11. The summed E-state index contributed by atoms with van der Waals surface area (Å²) in [5.74, 6) is 0.626. The molecule has 2 aliphatic heterocycles. The van der Waals surface area contributed by atoms with E-state index < -0.39 is 0 Å². The van der Waals surface area contributed by atoms with Gasteiger partial charge in [-0.05, 0) is 30.5 Å². The largest absolute Gasteiger partial charge is 0.369 e. The molecule has 2 aliphatic rings. The van der Waals surface area contributed by atoms with Gasteiger partial charge in [0.15, 0.2) is 0 Å². The predicted octanol–water partition coefficient (Wildman–Crippen LogP) is 0.856. The summed E-state index contributed by atoms with van der Waals surface area (Å²) in [5.41, 5.74) is 8.41. The summed E-state index contributed by atoms with van der Waals surface area (Å²) in [6, 6.07) is 8.55. The first-order valence-electron chi connectivity index (χ1n) is 7.08. The third kappa shape index (κ3) is 2.45. The SMILES string of the molecule is NCC1CC(=O)N(CCN2CCc3ccccc32)C1. The number of carbonyl (C=O) groups excluding carboxylic acids is 1. The van der Waals surface area contributed by atoms with Gasteiger partial charge in [-0.1, -0.05) is 18.2 Å². The monoisotopic (exact) mass is 259 g/mol. The molecule has 0 saturated carbocycles. The van der Waals surface area contributed by atoms with Crippen molar-refractivity contribution in [1.82, 2.24) is 4.90 Å². The Hall–Kier alpha value is -1.55. The van der Waals surface area contributed by atoms with Crippen LogP contribution in [0.3, 0.4) is 0 Å². The second-order valence-corrected chi connectivity index (χ2v) is 5.51. The van der Waals surface area contributed by atoms with Crippen molar-refractivity contribution in [3.8, 4) is 0 Å². The number of para-hydroxylation sites is 1. The molecular weight excluding hydrogens is 238 g/mol. The third-order valence-corrected chi connectivity index (χ3v) is 4.25. The summed E-state index contributed by atoms with van der Waals surface area (Å²) in [6.07, 6.45) is 1.75. The number of hydrogen-bond donors (Lipinski definition) is 1. The Morgan fingerprint density at radius 1 is 1.21 bits per heavy atom. The van der Waals surface area contributed by atoms with Crippen LogP contribution in [0.25, 0.3) is 0 Å². The van der Waals surface area contributed by atoms with E-state index in [-0.39, 0.29) is 5.91 Å². The van der Waals surface area contributed by atoms with Crippen LogP contribution >= 0.6 is 0 Å². The summed E-state index contributed by atoms with van der Waals surface area (Å²) in [5, 5.41) is 0. The van der Waals surface area contributed by atoms with Crippen molar-refractivity contribution in [2.45, 2.75) is 12.8 Å². The smallest absolute Gasteiger partial charge is 0.223 e. The van der Waals surface area contributed by atoms with E-state index >= 15 is 0 Å². The summed E-state index contributed by atoms with van der Waals surface area (Å²) < 4.78 is 0. The van der Waals surface area contributed by atoms with Crippen LogP contribution < -0.4 is 10.6 Å². The van der Waals surface area contributed by atoms with Gasteiger partial charge in [-0.2, -0.15) is 0 Å². The number of carbonyl (C=O) groups is 1. The number of likely N-dealkylation sites (tertiary alicyclic amines) is 1. The van der Waals surface area contributed by atoms with Crippen molar-refractivity contribution >= 4 is 11.6 Å². The van der Waals surface area contributed by atoms with E-state index in [0.29, 0.717) is 18.9 Å². The van der Waals surface area contributed by atoms with Crippen LogP contribution in [0.2, 0.25) is 0 Å². The second-order valence-electron chi connectivity index (χ2n) is 5.51. The van der Waals surface area contributed by atoms with Crippen LogP contribution in [-0.4, -0.2) is 43.5 Å². The zero-order chi connectivity index (χ0) is 13.2. The number of nitrogens with two attached hydrogens (primary N) is 1. The van der Waals surface area contributed by atoms with Crippen LogP contribution in [0.5, 0.6) is 0 Å². The Bertz CT molecular complexity index is 474. The average Bonchev–Trinajstić information content (AvgIpc) is 3.00. The molecule has 19 heavy (non-hydrogen) atoms. The Balaban J connectivity index is 1.58. The van der Waals surface area contributed by atoms with E-state index in [4.69, 9.17) is 5.73 Å². The highest BCUT2D eigenvalue weighted by atomic mass is 16.2. The summed E-state index contributed by atoms with van der Waals surface area (Å²) in [4.78, 5) is 16.2. The lowest BCUT2D eigenvalue weighted by Crippen LogP contribution is -2.35. The Morgan fingerprint density at radius 3 is 2.79 bits per heavy atom. The van der Waals surface area contributed by atoms with Crippen molar-refractivity contribution in [3.05, 3.63) is 29.8 Å². The predicted molar refractivity (Wildman–Crippen MR) is 76.1 cm³/mol. The maximum absolute atomic E-state index is 11.8. The minimum Gasteiger partial charge on any atom is -0.369 e. The molecule has 0 spiro atoms. The molecule has 0 bridgehead atoms. The normalized spacial score (nSPS) is 22.2. The van der Waals surface area contributed by atoms with Crippen molar-refractivity contribution in [3.63, 3.8) is 0 Å². The molecule has 3 rings (SSSR count). The molecule has 0 aromatic heterocycles. The summed E-state index contributed by atoms with van der Waals surface area (Å²) in [7, 11) is 0. The van der Waals surface area contributed by atoms with E-state index in [1.165, 1.54) is 11.3 Å². The van der Waals surface area contributed by atoms with Gasteiger partial charge >= 0.3 is 0 Å². The first kappa shape index (κ1) is 12.5. The van der Waals surface area contributed by atoms with Gasteiger partial charge in [-0.25, -0.2) is 0 Å². The highest BCUT2D eigenvalue weighted by Gasteiger charge is 2.29. The molecule has 4 nitrogen and oxygen atoms in total. The molecule has 1 amide bonds. The molecule has 1 aromatic rings. The average molecular weight is 259 g/mol. The lowest BCUT2D eigenvalue weighted by molar-refractivity contribution is -0.127. The molecule has 1 atom stereocenters. The van der Waals surface area contributed by atoms with Crippen molar-refractivity contribution in [2.75, 3.05) is 37.6 Å². The number of hydrogen-bond acceptors (Lipinski definition) is 3. The van der Waals surface area contributed by atoms with Crippen LogP contribution in [0.4, 0.5) is 5.69 Å². The van der Waals surface area contributed by atoms with Gasteiger partial charge in [0.05, 0.1) is 0 Å². The number of nitrogens with zero attached hydrogens (tertiary/aromatic N) is 2. The van der Waals surface area contributed by atoms with Crippen LogP contribution in [0.1, 0.15) is 12.0 Å². The van der Waals surface area contributed by atoms with Crippen molar-refractivity contribution in [2.24, 2.45) is 11.7 Å². The van der Waals surface area contributed by atoms with Crippen molar-refractivity contribution < 1.29 is 4.79 Å². The van der Waals surface area contributed by atoms with Crippen LogP contribution in [0.15, 0.2) is 24.3 Å². The third-order valence-electron chi connectivity index (χ3n) is 4.25. The molecule has 1 unspecified atom stereocenters. The zero-order valence-electron chi connectivity index (χ0n) is 11.2. The molecular formula is C15H21N3O. The maximum Gasteiger partial charge on any atom is 0.223 e. The van der Waals surface area contributed by atoms with Gasteiger partial charge in [0.25, 0.3) is 0 Å². The van der Waals surface area contributed by atoms with Gasteiger partial charge in [0.2, 0.25) is 5.91 Å². The topological polar surface area (TPSA) is 49.6 Å². The van der Waals surface area contributed by atoms with E-state index in [1.807, 2.05) is 4.90 Å². The maximum atomic E-state index is 11.8. The minimum atomic E-state index is 0.267. The number of fused-ring (bicyclic) bond motifs is 1. The van der Waals surface area contributed by atoms with Crippen LogP contribution in [0, 0.1) is 5.92 Å². The molecule has 102 valence electrons. The molecule has 2 heterocycles. The number of amides is 1. The fourth-order valence-electron chi connectivity index (χ4n) is 3.11. The van der Waals surface area contributed by atoms with Gasteiger partial charge in [0, 0.05) is 38.3 Å². The Morgan fingerprint density at radius 2 is 2.00 bits per heavy atom. The van der Waals surface area contributed by atoms with Gasteiger partial charge < -0.3 is 15.5 Å². The molecule has 2 N–H and O–H groups in total. The van der Waals surface area contributed by atoms with Crippen LogP contribution in [-0.2, 0) is 11.2 Å². The lowest BCUT2D eigenvalue weighted by atomic mass is 10.1. The number of anilines is 1. The fraction of sp³-hybridized carbons (Fsp3) is 0.533. The highest BCUT2D eigenvalue weighted by Crippen LogP contribution is 2.27. The number of rotatable bonds is 4.